The molecular formula is C15H19N3OS2. The Morgan fingerprint density at radius 2 is 1.95 bits per heavy atom. The molecule has 21 heavy (non-hydrogen) atoms. The van der Waals surface area contributed by atoms with Gasteiger partial charge in [-0.15, -0.1) is 10.2 Å². The maximum absolute atomic E-state index is 11.9. The zero-order valence-corrected chi connectivity index (χ0v) is 14.1. The third kappa shape index (κ3) is 5.13. The van der Waals surface area contributed by atoms with Crippen molar-refractivity contribution in [2.24, 2.45) is 5.41 Å². The Morgan fingerprint density at radius 1 is 1.24 bits per heavy atom. The van der Waals surface area contributed by atoms with Crippen LogP contribution in [0.1, 0.15) is 26.3 Å². The Labute approximate surface area is 133 Å². The van der Waals surface area contributed by atoms with Gasteiger partial charge in [0.2, 0.25) is 11.0 Å². The number of nitrogens with one attached hydrogen (secondary N) is 1. The monoisotopic (exact) mass is 321 g/mol. The highest BCUT2D eigenvalue weighted by molar-refractivity contribution is 8.01. The molecule has 112 valence electrons. The quantitative estimate of drug-likeness (QED) is 0.671. The van der Waals surface area contributed by atoms with Crippen LogP contribution in [0.3, 0.4) is 0 Å². The molecule has 0 bridgehead atoms. The third-order valence-electron chi connectivity index (χ3n) is 2.77. The molecule has 1 amide bonds. The van der Waals surface area contributed by atoms with E-state index in [-0.39, 0.29) is 5.91 Å². The second-order valence-corrected chi connectivity index (χ2v) is 7.98. The van der Waals surface area contributed by atoms with Gasteiger partial charge in [-0.1, -0.05) is 74.2 Å². The van der Waals surface area contributed by atoms with Crippen LogP contribution >= 0.6 is 23.1 Å². The number of nitrogens with zero attached hydrogens (tertiary/aromatic N) is 2. The van der Waals surface area contributed by atoms with Crippen molar-refractivity contribution in [1.82, 2.24) is 10.2 Å². The normalized spacial score (nSPS) is 11.4. The molecule has 2 rings (SSSR count). The number of anilines is 1. The van der Waals surface area contributed by atoms with E-state index >= 15 is 0 Å². The van der Waals surface area contributed by atoms with Gasteiger partial charge in [-0.25, -0.2) is 0 Å². The van der Waals surface area contributed by atoms with Crippen molar-refractivity contribution in [2.45, 2.75) is 31.5 Å². The van der Waals surface area contributed by atoms with Crippen molar-refractivity contribution in [2.75, 3.05) is 11.1 Å². The summed E-state index contributed by atoms with van der Waals surface area (Å²) in [6.07, 6.45) is 0.995. The van der Waals surface area contributed by atoms with E-state index in [0.717, 1.165) is 16.5 Å². The van der Waals surface area contributed by atoms with Gasteiger partial charge < -0.3 is 5.32 Å². The molecule has 0 unspecified atom stereocenters. The number of rotatable bonds is 5. The second kappa shape index (κ2) is 7.04. The largest absolute Gasteiger partial charge is 0.300 e. The predicted molar refractivity (Wildman–Crippen MR) is 88.9 cm³/mol. The van der Waals surface area contributed by atoms with Crippen molar-refractivity contribution in [3.8, 4) is 0 Å². The molecule has 4 nitrogen and oxygen atoms in total. The molecule has 0 spiro atoms. The molecular weight excluding hydrogens is 302 g/mol. The molecule has 1 aromatic heterocycles. The number of carbonyl (C=O) groups excluding carboxylic acids is 1. The molecule has 0 aliphatic carbocycles. The van der Waals surface area contributed by atoms with Gasteiger partial charge in [0.05, 0.1) is 0 Å². The number of aromatic nitrogens is 2. The van der Waals surface area contributed by atoms with E-state index in [1.54, 1.807) is 11.8 Å². The lowest BCUT2D eigenvalue weighted by atomic mass is 9.96. The maximum atomic E-state index is 11.9. The number of benzene rings is 1. The van der Waals surface area contributed by atoms with Crippen molar-refractivity contribution in [1.29, 1.82) is 0 Å². The number of carbonyl (C=O) groups is 1. The number of hydrogen-bond acceptors (Lipinski definition) is 5. The van der Waals surface area contributed by atoms with Gasteiger partial charge in [-0.05, 0) is 12.0 Å². The van der Waals surface area contributed by atoms with Crippen LogP contribution in [0.25, 0.3) is 0 Å². The molecule has 0 aliphatic heterocycles. The van der Waals surface area contributed by atoms with E-state index in [9.17, 15) is 4.79 Å². The second-order valence-electron chi connectivity index (χ2n) is 5.66. The summed E-state index contributed by atoms with van der Waals surface area (Å²) in [5, 5.41) is 11.5. The minimum atomic E-state index is -0.424. The van der Waals surface area contributed by atoms with Crippen LogP contribution in [-0.4, -0.2) is 21.9 Å². The summed E-state index contributed by atoms with van der Waals surface area (Å²) >= 11 is 3.09. The van der Waals surface area contributed by atoms with Crippen LogP contribution in [0.2, 0.25) is 0 Å². The first-order valence-electron chi connectivity index (χ1n) is 6.77. The Morgan fingerprint density at radius 3 is 2.62 bits per heavy atom. The van der Waals surface area contributed by atoms with E-state index in [0.29, 0.717) is 5.13 Å². The van der Waals surface area contributed by atoms with Gasteiger partial charge in [0.1, 0.15) is 0 Å². The lowest BCUT2D eigenvalue weighted by Gasteiger charge is -2.15. The maximum Gasteiger partial charge on any atom is 0.231 e. The minimum absolute atomic E-state index is 0.0421. The average Bonchev–Trinajstić information content (AvgIpc) is 2.86. The van der Waals surface area contributed by atoms with Crippen molar-refractivity contribution < 1.29 is 4.79 Å². The van der Waals surface area contributed by atoms with Crippen LogP contribution in [0.4, 0.5) is 5.13 Å². The first kappa shape index (κ1) is 16.0. The lowest BCUT2D eigenvalue weighted by molar-refractivity contribution is -0.123. The highest BCUT2D eigenvalue weighted by Crippen LogP contribution is 2.27. The Bertz CT molecular complexity index is 590. The fourth-order valence-electron chi connectivity index (χ4n) is 1.50. The van der Waals surface area contributed by atoms with E-state index in [1.165, 1.54) is 16.9 Å². The third-order valence-corrected chi connectivity index (χ3v) is 4.74. The molecule has 6 heteroatoms. The van der Waals surface area contributed by atoms with Gasteiger partial charge in [-0.2, -0.15) is 0 Å². The fourth-order valence-corrected chi connectivity index (χ4v) is 3.31. The minimum Gasteiger partial charge on any atom is -0.300 e. The molecule has 0 radical (unpaired) electrons. The van der Waals surface area contributed by atoms with Gasteiger partial charge in [-0.3, -0.25) is 4.79 Å². The fraction of sp³-hybridized carbons (Fsp3) is 0.400. The summed E-state index contributed by atoms with van der Waals surface area (Å²) in [6.45, 7) is 5.62. The van der Waals surface area contributed by atoms with Crippen LogP contribution in [0.15, 0.2) is 34.7 Å². The highest BCUT2D eigenvalue weighted by atomic mass is 32.2. The first-order valence-corrected chi connectivity index (χ1v) is 8.57. The zero-order chi connectivity index (χ0) is 15.3. The molecule has 0 aliphatic rings. The lowest BCUT2D eigenvalue weighted by Crippen LogP contribution is -2.27. The summed E-state index contributed by atoms with van der Waals surface area (Å²) in [5.41, 5.74) is 0.891. The molecule has 0 saturated heterocycles. The van der Waals surface area contributed by atoms with Crippen molar-refractivity contribution in [3.63, 3.8) is 0 Å². The standard InChI is InChI=1S/C15H19N3OS2/c1-15(2,3)12(19)16-13-17-18-14(21-13)20-10-9-11-7-5-4-6-8-11/h4-8H,9-10H2,1-3H3,(H,16,17,19). The zero-order valence-electron chi connectivity index (χ0n) is 12.4. The van der Waals surface area contributed by atoms with E-state index in [4.69, 9.17) is 0 Å². The van der Waals surface area contributed by atoms with Gasteiger partial charge in [0.25, 0.3) is 0 Å². The van der Waals surface area contributed by atoms with Crippen LogP contribution in [-0.2, 0) is 11.2 Å². The molecule has 1 heterocycles. The smallest absolute Gasteiger partial charge is 0.231 e. The van der Waals surface area contributed by atoms with Gasteiger partial charge in [0.15, 0.2) is 4.34 Å². The van der Waals surface area contributed by atoms with Crippen LogP contribution in [0.5, 0.6) is 0 Å². The van der Waals surface area contributed by atoms with Crippen LogP contribution < -0.4 is 5.32 Å². The molecule has 2 aromatic rings. The van der Waals surface area contributed by atoms with Crippen LogP contribution in [0, 0.1) is 5.41 Å². The highest BCUT2D eigenvalue weighted by Gasteiger charge is 2.22. The van der Waals surface area contributed by atoms with Crippen molar-refractivity contribution in [3.05, 3.63) is 35.9 Å². The summed E-state index contributed by atoms with van der Waals surface area (Å²) in [6, 6.07) is 10.4. The van der Waals surface area contributed by atoms with E-state index in [1.807, 2.05) is 39.0 Å². The summed E-state index contributed by atoms with van der Waals surface area (Å²) in [4.78, 5) is 11.9. The molecule has 0 saturated carbocycles. The molecule has 0 fully saturated rings. The number of hydrogen-bond donors (Lipinski definition) is 1. The molecule has 1 N–H and O–H groups in total. The number of thioether (sulfide) groups is 1. The van der Waals surface area contributed by atoms with E-state index < -0.39 is 5.41 Å². The summed E-state index contributed by atoms with van der Waals surface area (Å²) in [7, 11) is 0. The van der Waals surface area contributed by atoms with Gasteiger partial charge in [0, 0.05) is 11.2 Å². The Kier molecular flexibility index (Phi) is 5.36. The molecule has 0 atom stereocenters. The number of aryl methyl sites for hydroxylation is 1. The topological polar surface area (TPSA) is 54.9 Å². The van der Waals surface area contributed by atoms with Gasteiger partial charge >= 0.3 is 0 Å². The SMILES string of the molecule is CC(C)(C)C(=O)Nc1nnc(SCCc2ccccc2)s1. The molecule has 1 aromatic carbocycles. The predicted octanol–water partition coefficient (Wildman–Crippen LogP) is 3.86. The first-order chi connectivity index (χ1) is 9.95. The van der Waals surface area contributed by atoms with E-state index in [2.05, 4.69) is 27.6 Å². The Hall–Kier alpha value is -1.40. The summed E-state index contributed by atoms with van der Waals surface area (Å²) < 4.78 is 0.884. The van der Waals surface area contributed by atoms with Crippen molar-refractivity contribution >= 4 is 34.1 Å². The number of amides is 1. The summed E-state index contributed by atoms with van der Waals surface area (Å²) in [5.74, 6) is 0.908. The Balaban J connectivity index is 1.82. The average molecular weight is 321 g/mol.